The van der Waals surface area contributed by atoms with Crippen molar-refractivity contribution >= 4 is 23.2 Å². The van der Waals surface area contributed by atoms with Crippen molar-refractivity contribution in [1.82, 2.24) is 9.80 Å². The lowest BCUT2D eigenvalue weighted by Crippen LogP contribution is -2.47. The van der Waals surface area contributed by atoms with E-state index < -0.39 is 0 Å². The average molecular weight is 475 g/mol. The first-order valence-corrected chi connectivity index (χ1v) is 12.8. The molecule has 1 fully saturated rings. The molecular weight excluding hydrogens is 444 g/mol. The number of methoxy groups -OCH3 is 1. The van der Waals surface area contributed by atoms with E-state index in [1.54, 1.807) is 23.3 Å². The molecule has 2 aliphatic rings. The van der Waals surface area contributed by atoms with Gasteiger partial charge in [-0.2, -0.15) is 0 Å². The summed E-state index contributed by atoms with van der Waals surface area (Å²) in [5, 5.41) is 2.11. The summed E-state index contributed by atoms with van der Waals surface area (Å²) < 4.78 is 5.27. The predicted molar refractivity (Wildman–Crippen MR) is 134 cm³/mol. The Bertz CT molecular complexity index is 1130. The van der Waals surface area contributed by atoms with Gasteiger partial charge >= 0.3 is 0 Å². The van der Waals surface area contributed by atoms with Gasteiger partial charge in [0.25, 0.3) is 0 Å². The molecule has 5 nitrogen and oxygen atoms in total. The zero-order valence-electron chi connectivity index (χ0n) is 19.4. The van der Waals surface area contributed by atoms with Crippen LogP contribution < -0.4 is 0 Å². The molecule has 3 atom stereocenters. The van der Waals surface area contributed by atoms with E-state index >= 15 is 0 Å². The Labute approximate surface area is 205 Å². The molecule has 3 unspecified atom stereocenters. The van der Waals surface area contributed by atoms with E-state index in [4.69, 9.17) is 4.74 Å². The molecule has 6 heteroatoms. The maximum Gasteiger partial charge on any atom is 0.242 e. The molecule has 0 spiro atoms. The Hall–Kier alpha value is -2.96. The lowest BCUT2D eigenvalue weighted by molar-refractivity contribution is -0.143. The van der Waals surface area contributed by atoms with Crippen molar-refractivity contribution in [2.45, 2.75) is 24.8 Å². The number of amides is 2. The Kier molecular flexibility index (Phi) is 6.79. The molecule has 5 rings (SSSR count). The number of hydrogen-bond donors (Lipinski definition) is 0. The minimum absolute atomic E-state index is 0.00735. The topological polar surface area (TPSA) is 49.9 Å². The van der Waals surface area contributed by atoms with Gasteiger partial charge < -0.3 is 14.5 Å². The summed E-state index contributed by atoms with van der Waals surface area (Å²) >= 11 is 1.76. The van der Waals surface area contributed by atoms with E-state index in [1.807, 2.05) is 41.3 Å². The summed E-state index contributed by atoms with van der Waals surface area (Å²) in [6.45, 7) is 1.59. The number of carbonyl (C=O) groups is 2. The van der Waals surface area contributed by atoms with Crippen LogP contribution in [0.2, 0.25) is 0 Å². The van der Waals surface area contributed by atoms with E-state index in [9.17, 15) is 9.59 Å². The van der Waals surface area contributed by atoms with Gasteiger partial charge in [-0.05, 0) is 46.9 Å². The summed E-state index contributed by atoms with van der Waals surface area (Å²) in [6, 6.07) is 22.4. The molecule has 176 valence electrons. The molecule has 0 radical (unpaired) electrons. The Morgan fingerprint density at radius 1 is 1.03 bits per heavy atom. The SMILES string of the molecule is COCCN(CC(=O)N1CCc2sccc2C1c1ccccc1)C(=O)C1CC1c1ccccc1. The van der Waals surface area contributed by atoms with E-state index in [1.165, 1.54) is 16.0 Å². The number of fused-ring (bicyclic) bond motifs is 1. The third-order valence-corrected chi connectivity index (χ3v) is 7.94. The minimum Gasteiger partial charge on any atom is -0.383 e. The molecule has 2 heterocycles. The number of hydrogen-bond acceptors (Lipinski definition) is 4. The van der Waals surface area contributed by atoms with Crippen molar-refractivity contribution in [2.75, 3.05) is 33.4 Å². The second kappa shape index (κ2) is 10.1. The molecule has 1 saturated carbocycles. The van der Waals surface area contributed by atoms with Gasteiger partial charge in [-0.15, -0.1) is 11.3 Å². The van der Waals surface area contributed by atoms with Crippen LogP contribution in [0.25, 0.3) is 0 Å². The lowest BCUT2D eigenvalue weighted by atomic mass is 9.93. The van der Waals surface area contributed by atoms with Crippen LogP contribution in [-0.2, 0) is 20.7 Å². The summed E-state index contributed by atoms with van der Waals surface area (Å²) in [5.74, 6) is 0.242. The number of carbonyl (C=O) groups excluding carboxylic acids is 2. The van der Waals surface area contributed by atoms with Gasteiger partial charge in [0.05, 0.1) is 19.2 Å². The summed E-state index contributed by atoms with van der Waals surface area (Å²) in [5.41, 5.74) is 3.51. The molecule has 34 heavy (non-hydrogen) atoms. The van der Waals surface area contributed by atoms with Crippen LogP contribution in [0.4, 0.5) is 0 Å². The fourth-order valence-corrected chi connectivity index (χ4v) is 5.98. The maximum atomic E-state index is 13.7. The second-order valence-corrected chi connectivity index (χ2v) is 10.1. The monoisotopic (exact) mass is 474 g/mol. The van der Waals surface area contributed by atoms with E-state index in [0.717, 1.165) is 18.4 Å². The maximum absolute atomic E-state index is 13.7. The Balaban J connectivity index is 1.34. The number of benzene rings is 2. The zero-order chi connectivity index (χ0) is 23.5. The van der Waals surface area contributed by atoms with Gasteiger partial charge in [0.1, 0.15) is 0 Å². The highest BCUT2D eigenvalue weighted by Gasteiger charge is 2.46. The highest BCUT2D eigenvalue weighted by atomic mass is 32.1. The molecule has 2 aromatic carbocycles. The molecule has 1 aliphatic heterocycles. The summed E-state index contributed by atoms with van der Waals surface area (Å²) in [4.78, 5) is 32.1. The van der Waals surface area contributed by atoms with Crippen molar-refractivity contribution in [2.24, 2.45) is 5.92 Å². The third-order valence-electron chi connectivity index (χ3n) is 6.94. The van der Waals surface area contributed by atoms with Crippen molar-refractivity contribution in [3.63, 3.8) is 0 Å². The highest BCUT2D eigenvalue weighted by Crippen LogP contribution is 2.48. The van der Waals surface area contributed by atoms with Crippen LogP contribution in [0.1, 0.15) is 39.9 Å². The van der Waals surface area contributed by atoms with Gasteiger partial charge in [-0.25, -0.2) is 0 Å². The lowest BCUT2D eigenvalue weighted by Gasteiger charge is -2.37. The van der Waals surface area contributed by atoms with Crippen LogP contribution in [0, 0.1) is 5.92 Å². The number of rotatable bonds is 8. The standard InChI is InChI=1S/C28H30N2O3S/c1-33-16-15-29(28(32)24-18-23(24)20-8-4-2-5-9-20)19-26(31)30-14-12-25-22(13-17-34-25)27(30)21-10-6-3-7-11-21/h2-11,13,17,23-24,27H,12,14-16,18-19H2,1H3. The van der Waals surface area contributed by atoms with E-state index in [-0.39, 0.29) is 36.2 Å². The molecule has 0 bridgehead atoms. The smallest absolute Gasteiger partial charge is 0.242 e. The molecule has 0 saturated heterocycles. The van der Waals surface area contributed by atoms with Gasteiger partial charge in [0, 0.05) is 31.0 Å². The summed E-state index contributed by atoms with van der Waals surface area (Å²) in [7, 11) is 1.63. The van der Waals surface area contributed by atoms with Crippen LogP contribution in [0.3, 0.4) is 0 Å². The molecule has 0 N–H and O–H groups in total. The highest BCUT2D eigenvalue weighted by molar-refractivity contribution is 7.10. The average Bonchev–Trinajstić information content (AvgIpc) is 3.54. The minimum atomic E-state index is -0.110. The summed E-state index contributed by atoms with van der Waals surface area (Å²) in [6.07, 6.45) is 1.70. The molecule has 3 aromatic rings. The van der Waals surface area contributed by atoms with Gasteiger partial charge in [-0.1, -0.05) is 60.7 Å². The molecule has 1 aliphatic carbocycles. The number of nitrogens with zero attached hydrogens (tertiary/aromatic N) is 2. The van der Waals surface area contributed by atoms with Gasteiger partial charge in [-0.3, -0.25) is 9.59 Å². The van der Waals surface area contributed by atoms with E-state index in [0.29, 0.717) is 19.7 Å². The normalized spacial score (nSPS) is 21.1. The molecule has 1 aromatic heterocycles. The fourth-order valence-electron chi connectivity index (χ4n) is 5.07. The Morgan fingerprint density at radius 2 is 1.74 bits per heavy atom. The zero-order valence-corrected chi connectivity index (χ0v) is 20.2. The van der Waals surface area contributed by atoms with Crippen molar-refractivity contribution in [1.29, 1.82) is 0 Å². The van der Waals surface area contributed by atoms with Crippen molar-refractivity contribution in [3.8, 4) is 0 Å². The van der Waals surface area contributed by atoms with Gasteiger partial charge in [0.15, 0.2) is 0 Å². The van der Waals surface area contributed by atoms with Crippen LogP contribution >= 0.6 is 11.3 Å². The first-order chi connectivity index (χ1) is 16.7. The molecular formula is C28H30N2O3S. The van der Waals surface area contributed by atoms with Gasteiger partial charge in [0.2, 0.25) is 11.8 Å². The largest absolute Gasteiger partial charge is 0.383 e. The molecule has 2 amide bonds. The van der Waals surface area contributed by atoms with Crippen molar-refractivity contribution < 1.29 is 14.3 Å². The predicted octanol–water partition coefficient (Wildman–Crippen LogP) is 4.50. The number of ether oxygens (including phenoxy) is 1. The quantitative estimate of drug-likeness (QED) is 0.483. The third kappa shape index (κ3) is 4.65. The Morgan fingerprint density at radius 3 is 2.44 bits per heavy atom. The first-order valence-electron chi connectivity index (χ1n) is 11.9. The van der Waals surface area contributed by atoms with E-state index in [2.05, 4.69) is 35.7 Å². The van der Waals surface area contributed by atoms with Crippen LogP contribution in [0.5, 0.6) is 0 Å². The van der Waals surface area contributed by atoms with Crippen molar-refractivity contribution in [3.05, 3.63) is 93.7 Å². The van der Waals surface area contributed by atoms with Crippen LogP contribution in [0.15, 0.2) is 72.1 Å². The van der Waals surface area contributed by atoms with Crippen LogP contribution in [-0.4, -0.2) is 55.0 Å². The fraction of sp³-hybridized carbons (Fsp3) is 0.357. The second-order valence-electron chi connectivity index (χ2n) is 9.06. The first kappa shape index (κ1) is 22.8. The number of thiophene rings is 1.